The molecule has 0 rings (SSSR count). The van der Waals surface area contributed by atoms with Crippen molar-refractivity contribution in [3.8, 4) is 0 Å². The first-order valence-electron chi connectivity index (χ1n) is 1.00. The second-order valence-electron chi connectivity index (χ2n) is 0.500. The Balaban J connectivity index is -0.0000000200. The summed E-state index contributed by atoms with van der Waals surface area (Å²) in [7, 11) is 0. The van der Waals surface area contributed by atoms with Gasteiger partial charge in [-0.05, 0) is 0 Å². The second kappa shape index (κ2) is 19.3. The van der Waals surface area contributed by atoms with E-state index in [9.17, 15) is 0 Å². The molecule has 0 saturated heterocycles. The van der Waals surface area contributed by atoms with Crippen LogP contribution in [0.1, 0.15) is 0 Å². The standard InChI is InChI=1S/C2H6Ge.2ClH/c1-3-2;;/h1-2H3;2*1H/q+2;;/p-2. The zero-order chi connectivity index (χ0) is 2.71. The normalized spacial score (nSPS) is 2.00. The molecule has 5 heavy (non-hydrogen) atoms. The summed E-state index contributed by atoms with van der Waals surface area (Å²) in [4.78, 5) is 0. The van der Waals surface area contributed by atoms with Gasteiger partial charge in [-0.1, -0.05) is 0 Å². The molecule has 0 aliphatic heterocycles. The van der Waals surface area contributed by atoms with Crippen molar-refractivity contribution >= 4 is 15.4 Å². The fraction of sp³-hybridized carbons (Fsp3) is 1.00. The van der Waals surface area contributed by atoms with Crippen molar-refractivity contribution in [3.63, 3.8) is 0 Å². The van der Waals surface area contributed by atoms with Gasteiger partial charge in [0.25, 0.3) is 0 Å². The number of rotatable bonds is 0. The van der Waals surface area contributed by atoms with Gasteiger partial charge in [-0.2, -0.15) is 0 Å². The van der Waals surface area contributed by atoms with Gasteiger partial charge in [0.15, 0.2) is 0 Å². The summed E-state index contributed by atoms with van der Waals surface area (Å²) in [6.45, 7) is 0. The van der Waals surface area contributed by atoms with Gasteiger partial charge < -0.3 is 24.8 Å². The SMILES string of the molecule is [CH3][Ge+2][CH3].[Cl-].[Cl-]. The van der Waals surface area contributed by atoms with E-state index in [0.717, 1.165) is 0 Å². The average Bonchev–Trinajstić information content (AvgIpc) is 0.918. The number of hydrogen-bond donors (Lipinski definition) is 0. The van der Waals surface area contributed by atoms with Crippen molar-refractivity contribution in [2.75, 3.05) is 0 Å². The topological polar surface area (TPSA) is 0 Å². The average molecular weight is 174 g/mol. The molecule has 0 atom stereocenters. The largest absolute Gasteiger partial charge is 1.00 e. The smallest absolute Gasteiger partial charge is 1.00 e. The zero-order valence-corrected chi connectivity index (χ0v) is 6.87. The van der Waals surface area contributed by atoms with Crippen LogP contribution in [0, 0.1) is 0 Å². The van der Waals surface area contributed by atoms with Crippen LogP contribution in [0.25, 0.3) is 0 Å². The predicted octanol–water partition coefficient (Wildman–Crippen LogP) is -5.21. The monoisotopic (exact) mass is 174 g/mol. The molecular weight excluding hydrogens is 168 g/mol. The van der Waals surface area contributed by atoms with Gasteiger partial charge in [-0.25, -0.2) is 0 Å². The first kappa shape index (κ1) is 16.5. The Hall–Kier alpha value is 1.12. The summed E-state index contributed by atoms with van der Waals surface area (Å²) >= 11 is 0.500. The van der Waals surface area contributed by atoms with E-state index in [0.29, 0.717) is 15.4 Å². The van der Waals surface area contributed by atoms with Crippen LogP contribution in [0.3, 0.4) is 0 Å². The first-order valence-corrected chi connectivity index (χ1v) is 5.20. The molecule has 0 aromatic carbocycles. The third-order valence-electron chi connectivity index (χ3n) is 0. The van der Waals surface area contributed by atoms with Crippen LogP contribution in [0.2, 0.25) is 11.5 Å². The fourth-order valence-corrected chi connectivity index (χ4v) is 0. The molecule has 0 aliphatic carbocycles. The summed E-state index contributed by atoms with van der Waals surface area (Å²) in [6, 6.07) is 0. The molecule has 3 heteroatoms. The molecule has 0 aromatic heterocycles. The number of halogens is 2. The molecule has 0 bridgehead atoms. The van der Waals surface area contributed by atoms with Crippen LogP contribution in [-0.2, 0) is 0 Å². The van der Waals surface area contributed by atoms with E-state index in [1.807, 2.05) is 0 Å². The van der Waals surface area contributed by atoms with E-state index in [2.05, 4.69) is 11.5 Å². The van der Waals surface area contributed by atoms with Crippen molar-refractivity contribution in [2.24, 2.45) is 0 Å². The summed E-state index contributed by atoms with van der Waals surface area (Å²) in [5.41, 5.74) is 0. The van der Waals surface area contributed by atoms with E-state index in [-0.39, 0.29) is 24.8 Å². The van der Waals surface area contributed by atoms with Gasteiger partial charge in [0.05, 0.1) is 0 Å². The molecule has 0 N–H and O–H groups in total. The molecule has 0 aromatic rings. The summed E-state index contributed by atoms with van der Waals surface area (Å²) in [5, 5.41) is 0. The molecule has 0 fully saturated rings. The minimum Gasteiger partial charge on any atom is -1.00 e. The molecule has 0 radical (unpaired) electrons. The molecule has 0 heterocycles. The number of hydrogen-bond acceptors (Lipinski definition) is 0. The van der Waals surface area contributed by atoms with Gasteiger partial charge >= 0.3 is 26.9 Å². The van der Waals surface area contributed by atoms with Crippen LogP contribution in [0.15, 0.2) is 0 Å². The minimum atomic E-state index is 0. The van der Waals surface area contributed by atoms with E-state index in [1.54, 1.807) is 0 Å². The summed E-state index contributed by atoms with van der Waals surface area (Å²) in [5.74, 6) is 4.50. The molecule has 0 amide bonds. The van der Waals surface area contributed by atoms with Crippen LogP contribution < -0.4 is 24.8 Å². The molecule has 32 valence electrons. The van der Waals surface area contributed by atoms with Crippen LogP contribution in [0.4, 0.5) is 0 Å². The molecule has 0 saturated carbocycles. The summed E-state index contributed by atoms with van der Waals surface area (Å²) in [6.07, 6.45) is 0. The van der Waals surface area contributed by atoms with Crippen molar-refractivity contribution in [1.82, 2.24) is 0 Å². The van der Waals surface area contributed by atoms with Crippen molar-refractivity contribution in [1.29, 1.82) is 0 Å². The Kier molecular flexibility index (Phi) is 63.7. The van der Waals surface area contributed by atoms with Gasteiger partial charge in [-0.3, -0.25) is 0 Å². The quantitative estimate of drug-likeness (QED) is 0.322. The Morgan fingerprint density at radius 1 is 1.00 bits per heavy atom. The second-order valence-corrected chi connectivity index (χ2v) is 2.60. The predicted molar refractivity (Wildman–Crippen MR) is 17.5 cm³/mol. The maximum atomic E-state index is 2.25. The van der Waals surface area contributed by atoms with Crippen LogP contribution in [-0.4, -0.2) is 15.4 Å². The summed E-state index contributed by atoms with van der Waals surface area (Å²) < 4.78 is 0. The zero-order valence-electron chi connectivity index (χ0n) is 3.26. The molecular formula is C2H6Cl2Ge. The van der Waals surface area contributed by atoms with Gasteiger partial charge in [0.1, 0.15) is 0 Å². The van der Waals surface area contributed by atoms with Gasteiger partial charge in [0, 0.05) is 0 Å². The molecule has 0 unspecified atom stereocenters. The van der Waals surface area contributed by atoms with Gasteiger partial charge in [-0.15, -0.1) is 0 Å². The van der Waals surface area contributed by atoms with Gasteiger partial charge in [0.2, 0.25) is 0 Å². The maximum absolute atomic E-state index is 2.25. The Labute approximate surface area is 52.0 Å². The third-order valence-corrected chi connectivity index (χ3v) is 0. The van der Waals surface area contributed by atoms with Crippen LogP contribution >= 0.6 is 0 Å². The molecule has 0 spiro atoms. The van der Waals surface area contributed by atoms with E-state index in [4.69, 9.17) is 0 Å². The van der Waals surface area contributed by atoms with E-state index >= 15 is 0 Å². The maximum Gasteiger partial charge on any atom is -1.00 e. The van der Waals surface area contributed by atoms with Crippen LogP contribution in [0.5, 0.6) is 0 Å². The Morgan fingerprint density at radius 3 is 1.00 bits per heavy atom. The Morgan fingerprint density at radius 2 is 1.00 bits per heavy atom. The van der Waals surface area contributed by atoms with Crippen molar-refractivity contribution in [3.05, 3.63) is 0 Å². The van der Waals surface area contributed by atoms with E-state index in [1.165, 1.54) is 0 Å². The fourth-order valence-electron chi connectivity index (χ4n) is 0. The molecule has 0 aliphatic rings. The Bertz CT molecular complexity index is 7.61. The van der Waals surface area contributed by atoms with Crippen molar-refractivity contribution in [2.45, 2.75) is 11.5 Å². The third kappa shape index (κ3) is 39.6. The van der Waals surface area contributed by atoms with E-state index < -0.39 is 0 Å². The van der Waals surface area contributed by atoms with Crippen molar-refractivity contribution < 1.29 is 24.8 Å². The first-order chi connectivity index (χ1) is 1.41. The minimum absolute atomic E-state index is 0. The molecule has 0 nitrogen and oxygen atoms in total.